The summed E-state index contributed by atoms with van der Waals surface area (Å²) in [5.41, 5.74) is -0.608. The Kier molecular flexibility index (Phi) is 5.27. The van der Waals surface area contributed by atoms with Crippen LogP contribution in [0, 0.1) is 0 Å². The Balaban J connectivity index is 2.50. The number of nitrogens with one attached hydrogen (secondary N) is 1. The lowest BCUT2D eigenvalue weighted by Crippen LogP contribution is -2.49. The molecule has 8 heteroatoms. The van der Waals surface area contributed by atoms with Crippen LogP contribution >= 0.6 is 0 Å². The van der Waals surface area contributed by atoms with Gasteiger partial charge in [-0.1, -0.05) is 0 Å². The SMILES string of the molecule is CC(C)(C)OC(=O)N1CCN=C(NCC(F)(F)CO)C1. The minimum absolute atomic E-state index is 0.0937. The van der Waals surface area contributed by atoms with Gasteiger partial charge in [-0.15, -0.1) is 0 Å². The summed E-state index contributed by atoms with van der Waals surface area (Å²) < 4.78 is 31.0. The van der Waals surface area contributed by atoms with E-state index >= 15 is 0 Å². The van der Waals surface area contributed by atoms with E-state index in [0.717, 1.165) is 0 Å². The van der Waals surface area contributed by atoms with Crippen molar-refractivity contribution in [3.8, 4) is 0 Å². The summed E-state index contributed by atoms with van der Waals surface area (Å²) in [4.78, 5) is 17.3. The Morgan fingerprint density at radius 2 is 2.15 bits per heavy atom. The zero-order valence-electron chi connectivity index (χ0n) is 11.9. The third kappa shape index (κ3) is 5.68. The van der Waals surface area contributed by atoms with Gasteiger partial charge in [-0.05, 0) is 20.8 Å². The molecule has 116 valence electrons. The quantitative estimate of drug-likeness (QED) is 0.809. The number of rotatable bonds is 3. The summed E-state index contributed by atoms with van der Waals surface area (Å²) in [7, 11) is 0. The monoisotopic (exact) mass is 293 g/mol. The molecule has 0 aromatic heterocycles. The van der Waals surface area contributed by atoms with E-state index in [1.54, 1.807) is 20.8 Å². The lowest BCUT2D eigenvalue weighted by Gasteiger charge is -2.30. The van der Waals surface area contributed by atoms with E-state index in [2.05, 4.69) is 10.3 Å². The van der Waals surface area contributed by atoms with Crippen LogP contribution in [0.4, 0.5) is 13.6 Å². The Hall–Kier alpha value is -1.44. The molecule has 0 aliphatic carbocycles. The van der Waals surface area contributed by atoms with Crippen LogP contribution < -0.4 is 5.32 Å². The molecule has 0 fully saturated rings. The van der Waals surface area contributed by atoms with Crippen molar-refractivity contribution in [1.29, 1.82) is 0 Å². The highest BCUT2D eigenvalue weighted by Crippen LogP contribution is 2.12. The number of hydrogen-bond acceptors (Lipinski definition) is 5. The van der Waals surface area contributed by atoms with Crippen molar-refractivity contribution in [2.24, 2.45) is 4.99 Å². The smallest absolute Gasteiger partial charge is 0.410 e. The van der Waals surface area contributed by atoms with Gasteiger partial charge < -0.3 is 15.2 Å². The highest BCUT2D eigenvalue weighted by Gasteiger charge is 2.29. The van der Waals surface area contributed by atoms with Crippen LogP contribution in [-0.4, -0.2) is 66.2 Å². The number of nitrogens with zero attached hydrogens (tertiary/aromatic N) is 2. The fourth-order valence-electron chi connectivity index (χ4n) is 1.50. The zero-order chi connectivity index (χ0) is 15.4. The van der Waals surface area contributed by atoms with E-state index in [9.17, 15) is 13.6 Å². The molecule has 0 saturated carbocycles. The molecular weight excluding hydrogens is 272 g/mol. The molecule has 0 bridgehead atoms. The summed E-state index contributed by atoms with van der Waals surface area (Å²) >= 11 is 0. The first-order valence-corrected chi connectivity index (χ1v) is 6.37. The van der Waals surface area contributed by atoms with Gasteiger partial charge in [0.15, 0.2) is 0 Å². The Bertz CT molecular complexity index is 381. The van der Waals surface area contributed by atoms with Crippen LogP contribution in [0.1, 0.15) is 20.8 Å². The van der Waals surface area contributed by atoms with Gasteiger partial charge in [0.25, 0.3) is 5.92 Å². The van der Waals surface area contributed by atoms with Crippen LogP contribution in [0.3, 0.4) is 0 Å². The standard InChI is InChI=1S/C12H21F2N3O3/c1-11(2,3)20-10(19)17-5-4-15-9(6-17)16-7-12(13,14)8-18/h18H,4-8H2,1-3H3,(H,15,16). The fraction of sp³-hybridized carbons (Fsp3) is 0.833. The predicted molar refractivity (Wildman–Crippen MR) is 70.1 cm³/mol. The molecule has 0 saturated heterocycles. The highest BCUT2D eigenvalue weighted by atomic mass is 19.3. The zero-order valence-corrected chi connectivity index (χ0v) is 11.9. The summed E-state index contributed by atoms with van der Waals surface area (Å²) in [6, 6.07) is 0. The summed E-state index contributed by atoms with van der Waals surface area (Å²) in [5.74, 6) is -2.92. The van der Waals surface area contributed by atoms with Crippen LogP contribution in [0.5, 0.6) is 0 Å². The van der Waals surface area contributed by atoms with Gasteiger partial charge in [0.1, 0.15) is 18.0 Å². The summed E-state index contributed by atoms with van der Waals surface area (Å²) in [6.07, 6.45) is -0.499. The van der Waals surface area contributed by atoms with Crippen LogP contribution in [0.15, 0.2) is 4.99 Å². The molecule has 1 amide bonds. The minimum atomic E-state index is -3.21. The molecule has 1 aliphatic rings. The number of carbonyl (C=O) groups excluding carboxylic acids is 1. The first-order chi connectivity index (χ1) is 9.13. The number of aliphatic hydroxyl groups excluding tert-OH is 1. The molecule has 0 aromatic rings. The third-order valence-corrected chi connectivity index (χ3v) is 2.45. The molecule has 0 spiro atoms. The van der Waals surface area contributed by atoms with Crippen molar-refractivity contribution in [3.63, 3.8) is 0 Å². The summed E-state index contributed by atoms with van der Waals surface area (Å²) in [6.45, 7) is 4.12. The normalized spacial score (nSPS) is 16.7. The van der Waals surface area contributed by atoms with Crippen molar-refractivity contribution < 1.29 is 23.4 Å². The molecule has 0 aromatic carbocycles. The minimum Gasteiger partial charge on any atom is -0.444 e. The van der Waals surface area contributed by atoms with Crippen molar-refractivity contribution >= 4 is 11.9 Å². The largest absolute Gasteiger partial charge is 0.444 e. The first-order valence-electron chi connectivity index (χ1n) is 6.37. The Morgan fingerprint density at radius 3 is 2.70 bits per heavy atom. The molecule has 20 heavy (non-hydrogen) atoms. The van der Waals surface area contributed by atoms with Crippen molar-refractivity contribution in [2.45, 2.75) is 32.3 Å². The number of aliphatic hydroxyl groups is 1. The number of alkyl halides is 2. The third-order valence-electron chi connectivity index (χ3n) is 2.45. The Labute approximate surface area is 116 Å². The van der Waals surface area contributed by atoms with Crippen molar-refractivity contribution in [3.05, 3.63) is 0 Å². The van der Waals surface area contributed by atoms with Crippen molar-refractivity contribution in [1.82, 2.24) is 10.2 Å². The number of halogens is 2. The summed E-state index contributed by atoms with van der Waals surface area (Å²) in [5, 5.41) is 10.9. The van der Waals surface area contributed by atoms with Gasteiger partial charge in [0.2, 0.25) is 0 Å². The van der Waals surface area contributed by atoms with E-state index in [1.165, 1.54) is 4.90 Å². The number of ether oxygens (including phenoxy) is 1. The number of aliphatic imine (C=N–C) groups is 1. The molecule has 1 rings (SSSR count). The molecule has 0 atom stereocenters. The average Bonchev–Trinajstić information content (AvgIpc) is 2.35. The van der Waals surface area contributed by atoms with E-state index in [4.69, 9.17) is 9.84 Å². The molecule has 0 radical (unpaired) electrons. The van der Waals surface area contributed by atoms with Gasteiger partial charge in [-0.3, -0.25) is 9.89 Å². The van der Waals surface area contributed by atoms with E-state index < -0.39 is 30.8 Å². The lowest BCUT2D eigenvalue weighted by atomic mass is 10.2. The maximum atomic E-state index is 12.9. The fourth-order valence-corrected chi connectivity index (χ4v) is 1.50. The number of amidine groups is 1. The number of amides is 1. The maximum Gasteiger partial charge on any atom is 0.410 e. The van der Waals surface area contributed by atoms with Crippen LogP contribution in [-0.2, 0) is 4.74 Å². The topological polar surface area (TPSA) is 74.2 Å². The van der Waals surface area contributed by atoms with Gasteiger partial charge in [-0.2, -0.15) is 0 Å². The van der Waals surface area contributed by atoms with Crippen molar-refractivity contribution in [2.75, 3.05) is 32.8 Å². The van der Waals surface area contributed by atoms with Crippen LogP contribution in [0.2, 0.25) is 0 Å². The van der Waals surface area contributed by atoms with E-state index in [0.29, 0.717) is 13.1 Å². The molecule has 0 unspecified atom stereocenters. The number of hydrogen-bond donors (Lipinski definition) is 2. The first kappa shape index (κ1) is 16.6. The molecular formula is C12H21F2N3O3. The average molecular weight is 293 g/mol. The molecule has 1 aliphatic heterocycles. The van der Waals surface area contributed by atoms with Crippen LogP contribution in [0.25, 0.3) is 0 Å². The lowest BCUT2D eigenvalue weighted by molar-refractivity contribution is -0.0445. The maximum absolute atomic E-state index is 12.9. The second-order valence-electron chi connectivity index (χ2n) is 5.60. The molecule has 2 N–H and O–H groups in total. The van der Waals surface area contributed by atoms with E-state index in [1.807, 2.05) is 0 Å². The Morgan fingerprint density at radius 1 is 1.50 bits per heavy atom. The molecule has 6 nitrogen and oxygen atoms in total. The second kappa shape index (κ2) is 6.34. The van der Waals surface area contributed by atoms with Gasteiger partial charge >= 0.3 is 6.09 Å². The molecule has 1 heterocycles. The highest BCUT2D eigenvalue weighted by molar-refractivity contribution is 5.87. The van der Waals surface area contributed by atoms with Gasteiger partial charge in [0.05, 0.1) is 19.6 Å². The second-order valence-corrected chi connectivity index (χ2v) is 5.60. The van der Waals surface area contributed by atoms with E-state index in [-0.39, 0.29) is 12.4 Å². The van der Waals surface area contributed by atoms with Gasteiger partial charge in [0, 0.05) is 6.54 Å². The van der Waals surface area contributed by atoms with Gasteiger partial charge in [-0.25, -0.2) is 13.6 Å². The predicted octanol–water partition coefficient (Wildman–Crippen LogP) is 0.853. The number of carbonyl (C=O) groups is 1.